The van der Waals surface area contributed by atoms with Crippen molar-refractivity contribution in [1.82, 2.24) is 15.5 Å². The van der Waals surface area contributed by atoms with Crippen LogP contribution in [-0.2, 0) is 0 Å². The van der Waals surface area contributed by atoms with E-state index in [4.69, 9.17) is 0 Å². The summed E-state index contributed by atoms with van der Waals surface area (Å²) in [4.78, 5) is 11.8. The summed E-state index contributed by atoms with van der Waals surface area (Å²) < 4.78 is 0. The zero-order valence-corrected chi connectivity index (χ0v) is 11.0. The molecule has 2 N–H and O–H groups in total. The van der Waals surface area contributed by atoms with E-state index in [0.29, 0.717) is 16.1 Å². The SMILES string of the molecule is CNc1nnc(C(=O)NCC2CCCC2C)s1. The van der Waals surface area contributed by atoms with Gasteiger partial charge in [-0.25, -0.2) is 0 Å². The van der Waals surface area contributed by atoms with Crippen molar-refractivity contribution in [3.8, 4) is 0 Å². The fraction of sp³-hybridized carbons (Fsp3) is 0.727. The van der Waals surface area contributed by atoms with Gasteiger partial charge in [-0.15, -0.1) is 10.2 Å². The van der Waals surface area contributed by atoms with Crippen molar-refractivity contribution in [2.75, 3.05) is 18.9 Å². The van der Waals surface area contributed by atoms with Crippen molar-refractivity contribution >= 4 is 22.4 Å². The summed E-state index contributed by atoms with van der Waals surface area (Å²) in [6.45, 7) is 3.02. The van der Waals surface area contributed by atoms with Crippen molar-refractivity contribution in [2.24, 2.45) is 11.8 Å². The maximum absolute atomic E-state index is 11.8. The number of anilines is 1. The van der Waals surface area contributed by atoms with Crippen LogP contribution in [0.25, 0.3) is 0 Å². The minimum absolute atomic E-state index is 0.108. The monoisotopic (exact) mass is 254 g/mol. The molecule has 2 unspecified atom stereocenters. The second-order valence-electron chi connectivity index (χ2n) is 4.54. The first-order chi connectivity index (χ1) is 8.20. The van der Waals surface area contributed by atoms with Gasteiger partial charge in [-0.1, -0.05) is 31.1 Å². The van der Waals surface area contributed by atoms with E-state index in [2.05, 4.69) is 27.8 Å². The van der Waals surface area contributed by atoms with E-state index in [1.807, 2.05) is 0 Å². The summed E-state index contributed by atoms with van der Waals surface area (Å²) in [5.74, 6) is 1.23. The van der Waals surface area contributed by atoms with Crippen LogP contribution in [0.5, 0.6) is 0 Å². The van der Waals surface area contributed by atoms with E-state index < -0.39 is 0 Å². The molecule has 1 aliphatic carbocycles. The van der Waals surface area contributed by atoms with Crippen LogP contribution < -0.4 is 10.6 Å². The molecule has 2 atom stereocenters. The molecule has 1 aromatic rings. The van der Waals surface area contributed by atoms with Crippen molar-refractivity contribution < 1.29 is 4.79 Å². The molecular formula is C11H18N4OS. The van der Waals surface area contributed by atoms with Crippen LogP contribution in [0.15, 0.2) is 0 Å². The lowest BCUT2D eigenvalue weighted by Crippen LogP contribution is -2.30. The lowest BCUT2D eigenvalue weighted by Gasteiger charge is -2.14. The molecule has 94 valence electrons. The first-order valence-electron chi connectivity index (χ1n) is 6.00. The van der Waals surface area contributed by atoms with Gasteiger partial charge in [0.2, 0.25) is 10.1 Å². The molecular weight excluding hydrogens is 236 g/mol. The Morgan fingerprint density at radius 3 is 2.88 bits per heavy atom. The topological polar surface area (TPSA) is 66.9 Å². The Bertz CT molecular complexity index is 393. The predicted molar refractivity (Wildman–Crippen MR) is 68.3 cm³/mol. The maximum atomic E-state index is 11.8. The van der Waals surface area contributed by atoms with Crippen LogP contribution in [0.1, 0.15) is 36.0 Å². The van der Waals surface area contributed by atoms with Crippen LogP contribution in [0, 0.1) is 11.8 Å². The number of amides is 1. The summed E-state index contributed by atoms with van der Waals surface area (Å²) in [5, 5.41) is 14.6. The van der Waals surface area contributed by atoms with Crippen molar-refractivity contribution in [1.29, 1.82) is 0 Å². The van der Waals surface area contributed by atoms with E-state index in [-0.39, 0.29) is 5.91 Å². The smallest absolute Gasteiger partial charge is 0.282 e. The Kier molecular flexibility index (Phi) is 3.93. The number of carbonyl (C=O) groups excluding carboxylic acids is 1. The van der Waals surface area contributed by atoms with E-state index in [1.54, 1.807) is 7.05 Å². The fourth-order valence-corrected chi connectivity index (χ4v) is 2.85. The van der Waals surface area contributed by atoms with Gasteiger partial charge in [0.1, 0.15) is 0 Å². The highest BCUT2D eigenvalue weighted by molar-refractivity contribution is 7.17. The largest absolute Gasteiger partial charge is 0.363 e. The lowest BCUT2D eigenvalue weighted by atomic mass is 9.98. The molecule has 1 heterocycles. The summed E-state index contributed by atoms with van der Waals surface area (Å²) in [6.07, 6.45) is 3.78. The Balaban J connectivity index is 1.84. The molecule has 0 aliphatic heterocycles. The molecule has 0 spiro atoms. The minimum atomic E-state index is -0.108. The fourth-order valence-electron chi connectivity index (χ4n) is 2.24. The Labute approximate surface area is 105 Å². The number of carbonyl (C=O) groups is 1. The average molecular weight is 254 g/mol. The van der Waals surface area contributed by atoms with Gasteiger partial charge in [-0.2, -0.15) is 0 Å². The Hall–Kier alpha value is -1.17. The predicted octanol–water partition coefficient (Wildman–Crippen LogP) is 1.75. The first-order valence-corrected chi connectivity index (χ1v) is 6.82. The van der Waals surface area contributed by atoms with Gasteiger partial charge in [-0.05, 0) is 18.3 Å². The molecule has 0 aromatic carbocycles. The van der Waals surface area contributed by atoms with Crippen molar-refractivity contribution in [2.45, 2.75) is 26.2 Å². The molecule has 0 saturated heterocycles. The summed E-state index contributed by atoms with van der Waals surface area (Å²) >= 11 is 1.28. The van der Waals surface area contributed by atoms with Gasteiger partial charge in [0, 0.05) is 13.6 Å². The number of nitrogens with one attached hydrogen (secondary N) is 2. The molecule has 6 heteroatoms. The second-order valence-corrected chi connectivity index (χ2v) is 5.52. The maximum Gasteiger partial charge on any atom is 0.282 e. The van der Waals surface area contributed by atoms with Crippen LogP contribution in [-0.4, -0.2) is 29.7 Å². The van der Waals surface area contributed by atoms with Crippen molar-refractivity contribution in [3.05, 3.63) is 5.01 Å². The molecule has 1 aromatic heterocycles. The van der Waals surface area contributed by atoms with Crippen LogP contribution >= 0.6 is 11.3 Å². The summed E-state index contributed by atoms with van der Waals surface area (Å²) in [6, 6.07) is 0. The number of aromatic nitrogens is 2. The van der Waals surface area contributed by atoms with Gasteiger partial charge >= 0.3 is 0 Å². The number of rotatable bonds is 4. The van der Waals surface area contributed by atoms with Crippen LogP contribution in [0.2, 0.25) is 0 Å². The Morgan fingerprint density at radius 2 is 2.29 bits per heavy atom. The molecule has 5 nitrogen and oxygen atoms in total. The summed E-state index contributed by atoms with van der Waals surface area (Å²) in [5.41, 5.74) is 0. The normalized spacial score (nSPS) is 23.6. The highest BCUT2D eigenvalue weighted by Crippen LogP contribution is 2.30. The van der Waals surface area contributed by atoms with Gasteiger partial charge in [0.25, 0.3) is 5.91 Å². The van der Waals surface area contributed by atoms with Crippen LogP contribution in [0.4, 0.5) is 5.13 Å². The molecule has 0 bridgehead atoms. The lowest BCUT2D eigenvalue weighted by molar-refractivity contribution is 0.0943. The number of hydrogen-bond donors (Lipinski definition) is 2. The third-order valence-electron chi connectivity index (χ3n) is 3.40. The molecule has 1 amide bonds. The van der Waals surface area contributed by atoms with E-state index in [1.165, 1.54) is 30.6 Å². The number of nitrogens with zero attached hydrogens (tertiary/aromatic N) is 2. The van der Waals surface area contributed by atoms with Gasteiger partial charge in [-0.3, -0.25) is 4.79 Å². The highest BCUT2D eigenvalue weighted by Gasteiger charge is 2.24. The van der Waals surface area contributed by atoms with E-state index >= 15 is 0 Å². The minimum Gasteiger partial charge on any atom is -0.363 e. The summed E-state index contributed by atoms with van der Waals surface area (Å²) in [7, 11) is 1.77. The third kappa shape index (κ3) is 2.94. The zero-order chi connectivity index (χ0) is 12.3. The molecule has 17 heavy (non-hydrogen) atoms. The van der Waals surface area contributed by atoms with E-state index in [0.717, 1.165) is 12.5 Å². The highest BCUT2D eigenvalue weighted by atomic mass is 32.1. The third-order valence-corrected chi connectivity index (χ3v) is 4.34. The first kappa shape index (κ1) is 12.3. The molecule has 1 aliphatic rings. The van der Waals surface area contributed by atoms with Gasteiger partial charge < -0.3 is 10.6 Å². The zero-order valence-electron chi connectivity index (χ0n) is 10.2. The average Bonchev–Trinajstić information content (AvgIpc) is 2.94. The molecule has 1 saturated carbocycles. The quantitative estimate of drug-likeness (QED) is 0.859. The van der Waals surface area contributed by atoms with E-state index in [9.17, 15) is 4.79 Å². The van der Waals surface area contributed by atoms with Crippen LogP contribution in [0.3, 0.4) is 0 Å². The second kappa shape index (κ2) is 5.44. The molecule has 0 radical (unpaired) electrons. The van der Waals surface area contributed by atoms with Gasteiger partial charge in [0.05, 0.1) is 0 Å². The number of hydrogen-bond acceptors (Lipinski definition) is 5. The molecule has 1 fully saturated rings. The standard InChI is InChI=1S/C11H18N4OS/c1-7-4-3-5-8(7)6-13-9(16)10-14-15-11(12-2)17-10/h7-8H,3-6H2,1-2H3,(H,12,15)(H,13,16). The van der Waals surface area contributed by atoms with Crippen molar-refractivity contribution in [3.63, 3.8) is 0 Å². The Morgan fingerprint density at radius 1 is 1.47 bits per heavy atom. The molecule has 2 rings (SSSR count). The van der Waals surface area contributed by atoms with Gasteiger partial charge in [0.15, 0.2) is 0 Å².